The molecular formula is C17H32N4. The molecule has 120 valence electrons. The number of aryl methyl sites for hydroxylation is 2. The van der Waals surface area contributed by atoms with Gasteiger partial charge in [-0.3, -0.25) is 4.68 Å². The van der Waals surface area contributed by atoms with Crippen molar-refractivity contribution in [3.63, 3.8) is 0 Å². The highest BCUT2D eigenvalue weighted by atomic mass is 15.4. The van der Waals surface area contributed by atoms with Gasteiger partial charge in [0.25, 0.3) is 0 Å². The Labute approximate surface area is 129 Å². The van der Waals surface area contributed by atoms with Crippen molar-refractivity contribution in [2.24, 2.45) is 13.0 Å². The van der Waals surface area contributed by atoms with Crippen LogP contribution >= 0.6 is 0 Å². The number of nitrogens with zero attached hydrogens (tertiary/aromatic N) is 3. The van der Waals surface area contributed by atoms with Crippen molar-refractivity contribution in [2.45, 2.75) is 58.9 Å². The topological polar surface area (TPSA) is 33.1 Å². The summed E-state index contributed by atoms with van der Waals surface area (Å²) in [6.07, 6.45) is 8.21. The highest BCUT2D eigenvalue weighted by Gasteiger charge is 2.20. The van der Waals surface area contributed by atoms with Gasteiger partial charge in [0, 0.05) is 32.7 Å². The SMILES string of the molecule is CCCNCc1c(C)nn(C)c1N(C)CC1CCCCC1. The smallest absolute Gasteiger partial charge is 0.131 e. The number of anilines is 1. The minimum atomic E-state index is 0.857. The fourth-order valence-corrected chi connectivity index (χ4v) is 3.61. The molecule has 0 bridgehead atoms. The summed E-state index contributed by atoms with van der Waals surface area (Å²) in [6.45, 7) is 7.50. The largest absolute Gasteiger partial charge is 0.359 e. The van der Waals surface area contributed by atoms with Crippen LogP contribution in [0.5, 0.6) is 0 Å². The van der Waals surface area contributed by atoms with Gasteiger partial charge in [0.2, 0.25) is 0 Å². The average molecular weight is 292 g/mol. The van der Waals surface area contributed by atoms with Gasteiger partial charge in [-0.15, -0.1) is 0 Å². The number of rotatable bonds is 7. The fourth-order valence-electron chi connectivity index (χ4n) is 3.61. The van der Waals surface area contributed by atoms with Gasteiger partial charge < -0.3 is 10.2 Å². The van der Waals surface area contributed by atoms with Crippen LogP contribution in [0, 0.1) is 12.8 Å². The van der Waals surface area contributed by atoms with Crippen LogP contribution < -0.4 is 10.2 Å². The summed E-state index contributed by atoms with van der Waals surface area (Å²) in [5, 5.41) is 8.16. The second-order valence-electron chi connectivity index (χ2n) is 6.57. The molecule has 0 atom stereocenters. The lowest BCUT2D eigenvalue weighted by molar-refractivity contribution is 0.360. The molecule has 0 saturated heterocycles. The lowest BCUT2D eigenvalue weighted by Gasteiger charge is -2.29. The van der Waals surface area contributed by atoms with E-state index in [-0.39, 0.29) is 0 Å². The normalized spacial score (nSPS) is 16.4. The van der Waals surface area contributed by atoms with Crippen LogP contribution in [-0.2, 0) is 13.6 Å². The third-order valence-electron chi connectivity index (χ3n) is 4.66. The van der Waals surface area contributed by atoms with Crippen LogP contribution in [0.1, 0.15) is 56.7 Å². The highest BCUT2D eigenvalue weighted by molar-refractivity contribution is 5.49. The average Bonchev–Trinajstić information content (AvgIpc) is 2.74. The van der Waals surface area contributed by atoms with E-state index in [0.29, 0.717) is 0 Å². The molecule has 1 aromatic rings. The van der Waals surface area contributed by atoms with Crippen LogP contribution in [0.25, 0.3) is 0 Å². The zero-order chi connectivity index (χ0) is 15.2. The van der Waals surface area contributed by atoms with E-state index in [2.05, 4.69) is 47.9 Å². The summed E-state index contributed by atoms with van der Waals surface area (Å²) in [5.41, 5.74) is 2.52. The summed E-state index contributed by atoms with van der Waals surface area (Å²) in [4.78, 5) is 2.43. The highest BCUT2D eigenvalue weighted by Crippen LogP contribution is 2.28. The van der Waals surface area contributed by atoms with Gasteiger partial charge in [0.15, 0.2) is 0 Å². The molecule has 0 aromatic carbocycles. The summed E-state index contributed by atoms with van der Waals surface area (Å²) in [7, 11) is 4.30. The van der Waals surface area contributed by atoms with E-state index in [1.54, 1.807) is 0 Å². The first-order valence-electron chi connectivity index (χ1n) is 8.57. The van der Waals surface area contributed by atoms with E-state index >= 15 is 0 Å². The first kappa shape index (κ1) is 16.3. The van der Waals surface area contributed by atoms with Crippen LogP contribution in [-0.4, -0.2) is 29.9 Å². The summed E-state index contributed by atoms with van der Waals surface area (Å²) < 4.78 is 2.06. The van der Waals surface area contributed by atoms with E-state index in [0.717, 1.165) is 24.7 Å². The molecule has 4 heteroatoms. The Morgan fingerprint density at radius 1 is 1.29 bits per heavy atom. The molecule has 2 rings (SSSR count). The third-order valence-corrected chi connectivity index (χ3v) is 4.66. The molecule has 1 aliphatic rings. The standard InChI is InChI=1S/C17H32N4/c1-5-11-18-12-16-14(2)19-21(4)17(16)20(3)13-15-9-7-6-8-10-15/h15,18H,5-13H2,1-4H3. The summed E-state index contributed by atoms with van der Waals surface area (Å²) >= 11 is 0. The third kappa shape index (κ3) is 4.22. The van der Waals surface area contributed by atoms with E-state index in [9.17, 15) is 0 Å². The number of aromatic nitrogens is 2. The first-order chi connectivity index (χ1) is 10.1. The zero-order valence-corrected chi connectivity index (χ0v) is 14.3. The van der Waals surface area contributed by atoms with E-state index in [1.165, 1.54) is 56.5 Å². The van der Waals surface area contributed by atoms with E-state index in [4.69, 9.17) is 0 Å². The maximum Gasteiger partial charge on any atom is 0.131 e. The van der Waals surface area contributed by atoms with Crippen molar-refractivity contribution in [3.8, 4) is 0 Å². The molecule has 1 N–H and O–H groups in total. The van der Waals surface area contributed by atoms with Gasteiger partial charge in [0.05, 0.1) is 5.69 Å². The van der Waals surface area contributed by atoms with Gasteiger partial charge in [0.1, 0.15) is 5.82 Å². The van der Waals surface area contributed by atoms with Crippen molar-refractivity contribution < 1.29 is 0 Å². The molecular weight excluding hydrogens is 260 g/mol. The predicted molar refractivity (Wildman–Crippen MR) is 89.8 cm³/mol. The number of hydrogen-bond donors (Lipinski definition) is 1. The molecule has 1 fully saturated rings. The Balaban J connectivity index is 2.05. The Morgan fingerprint density at radius 3 is 2.67 bits per heavy atom. The van der Waals surface area contributed by atoms with Gasteiger partial charge in [-0.2, -0.15) is 5.10 Å². The second-order valence-corrected chi connectivity index (χ2v) is 6.57. The van der Waals surface area contributed by atoms with Crippen LogP contribution in [0.3, 0.4) is 0 Å². The molecule has 1 aromatic heterocycles. The van der Waals surface area contributed by atoms with Gasteiger partial charge >= 0.3 is 0 Å². The van der Waals surface area contributed by atoms with Crippen molar-refractivity contribution in [2.75, 3.05) is 25.0 Å². The fraction of sp³-hybridized carbons (Fsp3) is 0.824. The van der Waals surface area contributed by atoms with Gasteiger partial charge in [-0.25, -0.2) is 0 Å². The Bertz CT molecular complexity index is 432. The van der Waals surface area contributed by atoms with Crippen LogP contribution in [0.15, 0.2) is 0 Å². The Hall–Kier alpha value is -1.03. The monoisotopic (exact) mass is 292 g/mol. The number of hydrogen-bond acceptors (Lipinski definition) is 3. The van der Waals surface area contributed by atoms with Crippen molar-refractivity contribution in [1.82, 2.24) is 15.1 Å². The quantitative estimate of drug-likeness (QED) is 0.783. The van der Waals surface area contributed by atoms with Crippen molar-refractivity contribution in [3.05, 3.63) is 11.3 Å². The van der Waals surface area contributed by atoms with Crippen molar-refractivity contribution in [1.29, 1.82) is 0 Å². The minimum absolute atomic E-state index is 0.857. The lowest BCUT2D eigenvalue weighted by atomic mass is 9.89. The molecule has 0 radical (unpaired) electrons. The van der Waals surface area contributed by atoms with Crippen molar-refractivity contribution >= 4 is 5.82 Å². The van der Waals surface area contributed by atoms with Gasteiger partial charge in [-0.1, -0.05) is 26.2 Å². The van der Waals surface area contributed by atoms with Gasteiger partial charge in [-0.05, 0) is 38.6 Å². The summed E-state index contributed by atoms with van der Waals surface area (Å²) in [5.74, 6) is 2.15. The predicted octanol–water partition coefficient (Wildman–Crippen LogP) is 3.24. The maximum atomic E-state index is 4.64. The molecule has 4 nitrogen and oxygen atoms in total. The molecule has 1 aliphatic carbocycles. The first-order valence-corrected chi connectivity index (χ1v) is 8.57. The molecule has 21 heavy (non-hydrogen) atoms. The molecule has 0 aliphatic heterocycles. The molecule has 1 heterocycles. The minimum Gasteiger partial charge on any atom is -0.359 e. The molecule has 1 saturated carbocycles. The second kappa shape index (κ2) is 7.83. The number of nitrogens with one attached hydrogen (secondary N) is 1. The van der Waals surface area contributed by atoms with Crippen LogP contribution in [0.4, 0.5) is 5.82 Å². The van der Waals surface area contributed by atoms with E-state index in [1.807, 2.05) is 0 Å². The van der Waals surface area contributed by atoms with Crippen LogP contribution in [0.2, 0.25) is 0 Å². The zero-order valence-electron chi connectivity index (χ0n) is 14.3. The van der Waals surface area contributed by atoms with E-state index < -0.39 is 0 Å². The Kier molecular flexibility index (Phi) is 6.09. The molecule has 0 amide bonds. The molecule has 0 unspecified atom stereocenters. The lowest BCUT2D eigenvalue weighted by Crippen LogP contribution is -2.29. The summed E-state index contributed by atoms with van der Waals surface area (Å²) in [6, 6.07) is 0. The molecule has 0 spiro atoms. The Morgan fingerprint density at radius 2 is 2.00 bits per heavy atom. The maximum absolute atomic E-state index is 4.64.